The molecule has 2 aliphatic rings. The number of H-pyrrole nitrogens is 1. The first-order valence-corrected chi connectivity index (χ1v) is 6.05. The summed E-state index contributed by atoms with van der Waals surface area (Å²) in [6, 6.07) is 1.53. The zero-order valence-corrected chi connectivity index (χ0v) is 10.3. The summed E-state index contributed by atoms with van der Waals surface area (Å²) in [5, 5.41) is 8.85. The normalized spacial score (nSPS) is 26.8. The van der Waals surface area contributed by atoms with Crippen LogP contribution in [-0.4, -0.2) is 22.3 Å². The van der Waals surface area contributed by atoms with Crippen molar-refractivity contribution in [3.8, 4) is 0 Å². The average Bonchev–Trinajstić information content (AvgIpc) is 3.04. The number of aromatic amines is 1. The minimum absolute atomic E-state index is 0.00688. The van der Waals surface area contributed by atoms with Crippen molar-refractivity contribution in [2.45, 2.75) is 30.6 Å². The van der Waals surface area contributed by atoms with Gasteiger partial charge in [-0.05, 0) is 18.9 Å². The third-order valence-electron chi connectivity index (χ3n) is 3.38. The summed E-state index contributed by atoms with van der Waals surface area (Å²) in [6.07, 6.45) is -1.92. The molecule has 0 amide bonds. The molecule has 1 atom stereocenters. The molecule has 1 fully saturated rings. The third-order valence-corrected chi connectivity index (χ3v) is 3.38. The van der Waals surface area contributed by atoms with Gasteiger partial charge in [-0.2, -0.15) is 18.3 Å². The lowest BCUT2D eigenvalue weighted by Crippen LogP contribution is -2.49. The maximum Gasteiger partial charge on any atom is 0.418 e. The van der Waals surface area contributed by atoms with Crippen LogP contribution in [0.15, 0.2) is 22.8 Å². The average molecular weight is 286 g/mol. The monoisotopic (exact) mass is 286 g/mol. The number of nitrogens with two attached hydrogens (primary N) is 2. The van der Waals surface area contributed by atoms with E-state index in [0.29, 0.717) is 5.92 Å². The first-order valence-electron chi connectivity index (χ1n) is 6.05. The first kappa shape index (κ1) is 13.0. The Balaban J connectivity index is 2.04. The second-order valence-electron chi connectivity index (χ2n) is 4.95. The van der Waals surface area contributed by atoms with Gasteiger partial charge in [-0.25, -0.2) is 4.99 Å². The molecular weight excluding hydrogens is 273 g/mol. The number of aliphatic imine (C=N–C) groups is 1. The van der Waals surface area contributed by atoms with E-state index in [1.807, 2.05) is 0 Å². The Kier molecular flexibility index (Phi) is 2.58. The summed E-state index contributed by atoms with van der Waals surface area (Å²) in [6.45, 7) is 0. The van der Waals surface area contributed by atoms with Gasteiger partial charge in [-0.1, -0.05) is 0 Å². The lowest BCUT2D eigenvalue weighted by atomic mass is 9.96. The van der Waals surface area contributed by atoms with E-state index in [0.717, 1.165) is 24.7 Å². The zero-order chi connectivity index (χ0) is 14.5. The number of alkyl halides is 3. The molecule has 1 aliphatic heterocycles. The first-order chi connectivity index (χ1) is 9.30. The van der Waals surface area contributed by atoms with Crippen LogP contribution in [0.25, 0.3) is 0 Å². The van der Waals surface area contributed by atoms with Crippen LogP contribution in [0.3, 0.4) is 0 Å². The van der Waals surface area contributed by atoms with Crippen LogP contribution >= 0.6 is 0 Å². The fraction of sp³-hybridized carbons (Fsp3) is 0.455. The Morgan fingerprint density at radius 2 is 2.05 bits per heavy atom. The Morgan fingerprint density at radius 1 is 1.35 bits per heavy atom. The molecule has 0 spiro atoms. The highest BCUT2D eigenvalue weighted by atomic mass is 19.4. The summed E-state index contributed by atoms with van der Waals surface area (Å²) in [5.41, 5.74) is 8.92. The highest BCUT2D eigenvalue weighted by Gasteiger charge is 2.50. The SMILES string of the molecule is NC1=NC(N)(c2cc(C3CC3)[nH]n2)C(C(F)(F)F)=CN1. The van der Waals surface area contributed by atoms with Gasteiger partial charge in [0.25, 0.3) is 0 Å². The van der Waals surface area contributed by atoms with Crippen molar-refractivity contribution in [2.75, 3.05) is 0 Å². The molecule has 108 valence electrons. The molecule has 6 nitrogen and oxygen atoms in total. The van der Waals surface area contributed by atoms with E-state index < -0.39 is 17.4 Å². The smallest absolute Gasteiger partial charge is 0.370 e. The predicted molar refractivity (Wildman–Crippen MR) is 65.3 cm³/mol. The van der Waals surface area contributed by atoms with Crippen molar-refractivity contribution >= 4 is 5.96 Å². The number of rotatable bonds is 2. The maximum absolute atomic E-state index is 13.1. The van der Waals surface area contributed by atoms with E-state index in [9.17, 15) is 13.2 Å². The minimum Gasteiger partial charge on any atom is -0.370 e. The number of guanidine groups is 1. The van der Waals surface area contributed by atoms with Crippen molar-refractivity contribution in [3.63, 3.8) is 0 Å². The fourth-order valence-corrected chi connectivity index (χ4v) is 2.17. The molecule has 6 N–H and O–H groups in total. The summed E-state index contributed by atoms with van der Waals surface area (Å²) in [4.78, 5) is 3.72. The van der Waals surface area contributed by atoms with Crippen LogP contribution < -0.4 is 16.8 Å². The fourth-order valence-electron chi connectivity index (χ4n) is 2.17. The van der Waals surface area contributed by atoms with Gasteiger partial charge in [0.15, 0.2) is 11.6 Å². The molecular formula is C11H13F3N6. The molecule has 1 aliphatic carbocycles. The van der Waals surface area contributed by atoms with Gasteiger partial charge in [-0.15, -0.1) is 0 Å². The molecule has 9 heteroatoms. The standard InChI is InChI=1S/C11H13F3N6/c12-11(13,14)7-4-17-9(15)18-10(7,16)8-3-6(19-20-8)5-1-2-5/h3-5H,1-2,16H2,(H,19,20)(H3,15,17,18). The summed E-state index contributed by atoms with van der Waals surface area (Å²) < 4.78 is 39.3. The molecule has 1 aromatic heterocycles. The third kappa shape index (κ3) is 2.03. The van der Waals surface area contributed by atoms with Crippen LogP contribution in [0, 0.1) is 0 Å². The number of halogens is 3. The molecule has 3 rings (SSSR count). The van der Waals surface area contributed by atoms with Crippen LogP contribution in [-0.2, 0) is 5.66 Å². The highest BCUT2D eigenvalue weighted by Crippen LogP contribution is 2.43. The Morgan fingerprint density at radius 3 is 2.65 bits per heavy atom. The molecule has 0 radical (unpaired) electrons. The van der Waals surface area contributed by atoms with Gasteiger partial charge in [-0.3, -0.25) is 10.8 Å². The molecule has 20 heavy (non-hydrogen) atoms. The van der Waals surface area contributed by atoms with E-state index in [1.165, 1.54) is 6.07 Å². The van der Waals surface area contributed by atoms with E-state index >= 15 is 0 Å². The van der Waals surface area contributed by atoms with Crippen molar-refractivity contribution in [2.24, 2.45) is 16.5 Å². The van der Waals surface area contributed by atoms with E-state index in [2.05, 4.69) is 20.5 Å². The maximum atomic E-state index is 13.1. The van der Waals surface area contributed by atoms with E-state index in [-0.39, 0.29) is 11.7 Å². The molecule has 1 aromatic rings. The molecule has 1 saturated carbocycles. The van der Waals surface area contributed by atoms with E-state index in [1.54, 1.807) is 0 Å². The number of hydrogen-bond donors (Lipinski definition) is 4. The van der Waals surface area contributed by atoms with Gasteiger partial charge in [0, 0.05) is 17.8 Å². The topological polar surface area (TPSA) is 105 Å². The number of aromatic nitrogens is 2. The zero-order valence-electron chi connectivity index (χ0n) is 10.3. The second-order valence-corrected chi connectivity index (χ2v) is 4.95. The molecule has 1 unspecified atom stereocenters. The van der Waals surface area contributed by atoms with Crippen molar-refractivity contribution < 1.29 is 13.2 Å². The number of nitrogens with one attached hydrogen (secondary N) is 2. The number of nitrogens with zero attached hydrogens (tertiary/aromatic N) is 2. The number of hydrogen-bond acceptors (Lipinski definition) is 5. The van der Waals surface area contributed by atoms with Crippen LogP contribution in [0.5, 0.6) is 0 Å². The van der Waals surface area contributed by atoms with Gasteiger partial charge < -0.3 is 11.1 Å². The van der Waals surface area contributed by atoms with Crippen molar-refractivity contribution in [1.29, 1.82) is 0 Å². The van der Waals surface area contributed by atoms with Crippen molar-refractivity contribution in [3.05, 3.63) is 29.2 Å². The van der Waals surface area contributed by atoms with E-state index in [4.69, 9.17) is 11.5 Å². The predicted octanol–water partition coefficient (Wildman–Crippen LogP) is 0.763. The summed E-state index contributed by atoms with van der Waals surface area (Å²) in [7, 11) is 0. The van der Waals surface area contributed by atoms with Crippen molar-refractivity contribution in [1.82, 2.24) is 15.5 Å². The quantitative estimate of drug-likeness (QED) is 0.644. The second kappa shape index (κ2) is 3.98. The van der Waals surface area contributed by atoms with Gasteiger partial charge in [0.1, 0.15) is 5.69 Å². The minimum atomic E-state index is -4.63. The Labute approximate surface area is 112 Å². The van der Waals surface area contributed by atoms with Gasteiger partial charge in [0.05, 0.1) is 5.57 Å². The Bertz CT molecular complexity index is 598. The Hall–Kier alpha value is -2.03. The van der Waals surface area contributed by atoms with Crippen LogP contribution in [0.4, 0.5) is 13.2 Å². The van der Waals surface area contributed by atoms with Gasteiger partial charge in [0.2, 0.25) is 0 Å². The molecule has 0 aromatic carbocycles. The lowest BCUT2D eigenvalue weighted by molar-refractivity contribution is -0.102. The highest BCUT2D eigenvalue weighted by molar-refractivity contribution is 5.81. The van der Waals surface area contributed by atoms with Crippen LogP contribution in [0.1, 0.15) is 30.1 Å². The van der Waals surface area contributed by atoms with Gasteiger partial charge >= 0.3 is 6.18 Å². The molecule has 0 saturated heterocycles. The van der Waals surface area contributed by atoms with Crippen LogP contribution in [0.2, 0.25) is 0 Å². The lowest BCUT2D eigenvalue weighted by Gasteiger charge is -2.31. The molecule has 0 bridgehead atoms. The summed E-state index contributed by atoms with van der Waals surface area (Å²) >= 11 is 0. The summed E-state index contributed by atoms with van der Waals surface area (Å²) in [5.74, 6) is 0.137. The largest absolute Gasteiger partial charge is 0.418 e. The molecule has 2 heterocycles.